The standard InChI is InChI=1S/C9H10FNO2/c10-8-2-1-6(11)3-7(8)9(12)4-13-5-9/h1-3,12H,4-5,11H2. The highest BCUT2D eigenvalue weighted by Crippen LogP contribution is 2.32. The molecule has 3 N–H and O–H groups in total. The van der Waals surface area contributed by atoms with Gasteiger partial charge in [-0.3, -0.25) is 0 Å². The molecule has 13 heavy (non-hydrogen) atoms. The maximum Gasteiger partial charge on any atom is 0.139 e. The highest BCUT2D eigenvalue weighted by Gasteiger charge is 2.40. The lowest BCUT2D eigenvalue weighted by molar-refractivity contribution is -0.186. The Bertz CT molecular complexity index is 336. The van der Waals surface area contributed by atoms with Crippen LogP contribution in [0.2, 0.25) is 0 Å². The molecule has 0 unspecified atom stereocenters. The van der Waals surface area contributed by atoms with Crippen molar-refractivity contribution in [1.29, 1.82) is 0 Å². The van der Waals surface area contributed by atoms with E-state index >= 15 is 0 Å². The Kier molecular flexibility index (Phi) is 1.75. The number of hydrogen-bond acceptors (Lipinski definition) is 3. The lowest BCUT2D eigenvalue weighted by atomic mass is 9.91. The number of nitrogen functional groups attached to an aromatic ring is 1. The Hall–Kier alpha value is -1.13. The maximum absolute atomic E-state index is 13.2. The monoisotopic (exact) mass is 183 g/mol. The summed E-state index contributed by atoms with van der Waals surface area (Å²) in [4.78, 5) is 0. The Balaban J connectivity index is 2.43. The van der Waals surface area contributed by atoms with Gasteiger partial charge in [0.25, 0.3) is 0 Å². The molecule has 3 nitrogen and oxygen atoms in total. The molecular formula is C9H10FNO2. The van der Waals surface area contributed by atoms with Gasteiger partial charge in [-0.1, -0.05) is 0 Å². The Morgan fingerprint density at radius 3 is 2.69 bits per heavy atom. The maximum atomic E-state index is 13.2. The van der Waals surface area contributed by atoms with Gasteiger partial charge in [-0.05, 0) is 18.2 Å². The molecule has 1 aliphatic rings. The van der Waals surface area contributed by atoms with Crippen molar-refractivity contribution in [3.8, 4) is 0 Å². The van der Waals surface area contributed by atoms with Gasteiger partial charge in [-0.15, -0.1) is 0 Å². The highest BCUT2D eigenvalue weighted by molar-refractivity contribution is 5.44. The summed E-state index contributed by atoms with van der Waals surface area (Å²) in [5, 5.41) is 9.77. The number of halogens is 1. The van der Waals surface area contributed by atoms with Crippen LogP contribution in [0.15, 0.2) is 18.2 Å². The first kappa shape index (κ1) is 8.47. The van der Waals surface area contributed by atoms with Gasteiger partial charge < -0.3 is 15.6 Å². The number of aliphatic hydroxyl groups is 1. The topological polar surface area (TPSA) is 55.5 Å². The van der Waals surface area contributed by atoms with Gasteiger partial charge in [0, 0.05) is 11.3 Å². The molecule has 0 spiro atoms. The third kappa shape index (κ3) is 1.28. The van der Waals surface area contributed by atoms with Crippen LogP contribution in [0, 0.1) is 5.82 Å². The van der Waals surface area contributed by atoms with E-state index in [0.29, 0.717) is 5.69 Å². The van der Waals surface area contributed by atoms with Crippen LogP contribution < -0.4 is 5.73 Å². The fourth-order valence-electron chi connectivity index (χ4n) is 1.35. The van der Waals surface area contributed by atoms with Crippen LogP contribution >= 0.6 is 0 Å². The average Bonchev–Trinajstić information content (AvgIpc) is 2.05. The summed E-state index contributed by atoms with van der Waals surface area (Å²) in [6.07, 6.45) is 0. The van der Waals surface area contributed by atoms with Crippen LogP contribution in [-0.4, -0.2) is 18.3 Å². The second kappa shape index (κ2) is 2.68. The molecule has 0 aromatic heterocycles. The number of nitrogens with two attached hydrogens (primary N) is 1. The first-order valence-electron chi connectivity index (χ1n) is 3.97. The molecule has 70 valence electrons. The molecule has 0 radical (unpaired) electrons. The summed E-state index contributed by atoms with van der Waals surface area (Å²) in [7, 11) is 0. The number of rotatable bonds is 1. The van der Waals surface area contributed by atoms with E-state index in [1.807, 2.05) is 0 Å². The molecule has 1 aliphatic heterocycles. The quantitative estimate of drug-likeness (QED) is 0.628. The molecule has 1 saturated heterocycles. The van der Waals surface area contributed by atoms with Crippen LogP contribution in [0.25, 0.3) is 0 Å². The van der Waals surface area contributed by atoms with Gasteiger partial charge in [0.1, 0.15) is 11.4 Å². The highest BCUT2D eigenvalue weighted by atomic mass is 19.1. The van der Waals surface area contributed by atoms with Crippen molar-refractivity contribution in [3.63, 3.8) is 0 Å². The Labute approximate surface area is 74.9 Å². The molecule has 4 heteroatoms. The van der Waals surface area contributed by atoms with Gasteiger partial charge in [-0.25, -0.2) is 4.39 Å². The zero-order valence-electron chi connectivity index (χ0n) is 6.96. The normalized spacial score (nSPS) is 19.5. The van der Waals surface area contributed by atoms with Gasteiger partial charge in [0.2, 0.25) is 0 Å². The lowest BCUT2D eigenvalue weighted by Crippen LogP contribution is -2.47. The molecular weight excluding hydrogens is 173 g/mol. The Morgan fingerprint density at radius 1 is 1.46 bits per heavy atom. The molecule has 0 bridgehead atoms. The molecule has 0 aliphatic carbocycles. The minimum absolute atomic E-state index is 0.132. The molecule has 1 fully saturated rings. The van der Waals surface area contributed by atoms with Crippen LogP contribution in [0.3, 0.4) is 0 Å². The van der Waals surface area contributed by atoms with Crippen molar-refractivity contribution in [2.75, 3.05) is 18.9 Å². The number of benzene rings is 1. The van der Waals surface area contributed by atoms with Gasteiger partial charge in [-0.2, -0.15) is 0 Å². The predicted molar refractivity (Wildman–Crippen MR) is 45.5 cm³/mol. The lowest BCUT2D eigenvalue weighted by Gasteiger charge is -2.36. The fraction of sp³-hybridized carbons (Fsp3) is 0.333. The summed E-state index contributed by atoms with van der Waals surface area (Å²) >= 11 is 0. The Morgan fingerprint density at radius 2 is 2.15 bits per heavy atom. The summed E-state index contributed by atoms with van der Waals surface area (Å²) < 4.78 is 18.0. The van der Waals surface area contributed by atoms with E-state index in [1.165, 1.54) is 18.2 Å². The van der Waals surface area contributed by atoms with Crippen LogP contribution in [-0.2, 0) is 10.3 Å². The first-order valence-corrected chi connectivity index (χ1v) is 3.97. The van der Waals surface area contributed by atoms with Crippen molar-refractivity contribution >= 4 is 5.69 Å². The average molecular weight is 183 g/mol. The number of anilines is 1. The SMILES string of the molecule is Nc1ccc(F)c(C2(O)COC2)c1. The molecule has 0 saturated carbocycles. The molecule has 2 rings (SSSR count). The van der Waals surface area contributed by atoms with E-state index < -0.39 is 11.4 Å². The van der Waals surface area contributed by atoms with Crippen molar-refractivity contribution in [2.45, 2.75) is 5.60 Å². The second-order valence-corrected chi connectivity index (χ2v) is 3.26. The van der Waals surface area contributed by atoms with E-state index in [-0.39, 0.29) is 18.8 Å². The third-order valence-corrected chi connectivity index (χ3v) is 2.17. The van der Waals surface area contributed by atoms with E-state index in [0.717, 1.165) is 0 Å². The van der Waals surface area contributed by atoms with Crippen LogP contribution in [0.5, 0.6) is 0 Å². The van der Waals surface area contributed by atoms with Gasteiger partial charge >= 0.3 is 0 Å². The summed E-state index contributed by atoms with van der Waals surface area (Å²) in [5.74, 6) is -0.444. The second-order valence-electron chi connectivity index (χ2n) is 3.26. The van der Waals surface area contributed by atoms with E-state index in [1.54, 1.807) is 0 Å². The molecule has 1 heterocycles. The fourth-order valence-corrected chi connectivity index (χ4v) is 1.35. The summed E-state index contributed by atoms with van der Waals surface area (Å²) in [6, 6.07) is 4.15. The van der Waals surface area contributed by atoms with Crippen LogP contribution in [0.4, 0.5) is 10.1 Å². The number of hydrogen-bond donors (Lipinski definition) is 2. The smallest absolute Gasteiger partial charge is 0.139 e. The molecule has 0 amide bonds. The molecule has 1 aromatic rings. The van der Waals surface area contributed by atoms with Crippen molar-refractivity contribution in [3.05, 3.63) is 29.6 Å². The predicted octanol–water partition coefficient (Wildman–Crippen LogP) is 0.626. The van der Waals surface area contributed by atoms with Crippen molar-refractivity contribution in [1.82, 2.24) is 0 Å². The van der Waals surface area contributed by atoms with Crippen molar-refractivity contribution < 1.29 is 14.2 Å². The van der Waals surface area contributed by atoms with Crippen LogP contribution in [0.1, 0.15) is 5.56 Å². The van der Waals surface area contributed by atoms with Gasteiger partial charge in [0.05, 0.1) is 13.2 Å². The summed E-state index contributed by atoms with van der Waals surface area (Å²) in [5.41, 5.74) is 4.97. The third-order valence-electron chi connectivity index (χ3n) is 2.17. The van der Waals surface area contributed by atoms with E-state index in [4.69, 9.17) is 10.5 Å². The number of ether oxygens (including phenoxy) is 1. The summed E-state index contributed by atoms with van der Waals surface area (Å²) in [6.45, 7) is 0.265. The van der Waals surface area contributed by atoms with Crippen molar-refractivity contribution in [2.24, 2.45) is 0 Å². The van der Waals surface area contributed by atoms with Gasteiger partial charge in [0.15, 0.2) is 0 Å². The molecule has 0 atom stereocenters. The zero-order chi connectivity index (χ0) is 9.47. The van der Waals surface area contributed by atoms with E-state index in [2.05, 4.69) is 0 Å². The minimum atomic E-state index is -1.18. The van der Waals surface area contributed by atoms with E-state index in [9.17, 15) is 9.50 Å². The minimum Gasteiger partial charge on any atom is -0.399 e. The zero-order valence-corrected chi connectivity index (χ0v) is 6.96. The molecule has 1 aromatic carbocycles. The first-order chi connectivity index (χ1) is 6.12. The largest absolute Gasteiger partial charge is 0.399 e.